The molecular formula is C18H27N3O2S. The first kappa shape index (κ1) is 18.7. The third-order valence-electron chi connectivity index (χ3n) is 4.21. The topological polar surface area (TPSA) is 44.8 Å². The summed E-state index contributed by atoms with van der Waals surface area (Å²) in [5, 5.41) is 4.02. The number of aryl methyl sites for hydroxylation is 1. The van der Waals surface area contributed by atoms with E-state index in [9.17, 15) is 4.79 Å². The van der Waals surface area contributed by atoms with E-state index in [1.54, 1.807) is 0 Å². The van der Waals surface area contributed by atoms with E-state index in [2.05, 4.69) is 51.0 Å². The van der Waals surface area contributed by atoms with Crippen molar-refractivity contribution >= 4 is 23.3 Å². The number of hydrogen-bond acceptors (Lipinski definition) is 4. The number of carbonyl (C=O) groups is 1. The largest absolute Gasteiger partial charge is 0.469 e. The van der Waals surface area contributed by atoms with Crippen LogP contribution in [0.25, 0.3) is 0 Å². The molecule has 2 rings (SSSR count). The molecule has 0 unspecified atom stereocenters. The normalized spacial score (nSPS) is 15.2. The molecule has 0 amide bonds. The van der Waals surface area contributed by atoms with E-state index in [4.69, 9.17) is 12.2 Å². The van der Waals surface area contributed by atoms with E-state index in [1.165, 1.54) is 18.2 Å². The van der Waals surface area contributed by atoms with E-state index < -0.39 is 0 Å². The molecule has 0 bridgehead atoms. The number of methoxy groups -OCH3 is 1. The Kier molecular flexibility index (Phi) is 7.46. The van der Waals surface area contributed by atoms with Gasteiger partial charge in [-0.15, -0.1) is 0 Å². The predicted octanol–water partition coefficient (Wildman–Crippen LogP) is 1.94. The Morgan fingerprint density at radius 3 is 2.71 bits per heavy atom. The summed E-state index contributed by atoms with van der Waals surface area (Å²) in [5.41, 5.74) is 2.68. The second-order valence-electron chi connectivity index (χ2n) is 6.16. The number of nitrogens with one attached hydrogen (secondary N) is 1. The minimum absolute atomic E-state index is 0.174. The summed E-state index contributed by atoms with van der Waals surface area (Å²) in [4.78, 5) is 15.7. The molecule has 1 aromatic rings. The van der Waals surface area contributed by atoms with Gasteiger partial charge in [0.15, 0.2) is 5.11 Å². The van der Waals surface area contributed by atoms with Gasteiger partial charge in [-0.05, 0) is 31.1 Å². The molecule has 5 nitrogen and oxygen atoms in total. The summed E-state index contributed by atoms with van der Waals surface area (Å²) in [5.74, 6) is -0.174. The minimum Gasteiger partial charge on any atom is -0.469 e. The average molecular weight is 350 g/mol. The lowest BCUT2D eigenvalue weighted by atomic mass is 10.1. The lowest BCUT2D eigenvalue weighted by molar-refractivity contribution is -0.140. The zero-order valence-electron chi connectivity index (χ0n) is 14.6. The van der Waals surface area contributed by atoms with Crippen molar-refractivity contribution in [3.05, 3.63) is 35.4 Å². The maximum absolute atomic E-state index is 11.1. The highest BCUT2D eigenvalue weighted by molar-refractivity contribution is 7.80. The van der Waals surface area contributed by atoms with E-state index >= 15 is 0 Å². The third-order valence-corrected chi connectivity index (χ3v) is 4.61. The lowest BCUT2D eigenvalue weighted by Crippen LogP contribution is -2.51. The minimum atomic E-state index is -0.174. The summed E-state index contributed by atoms with van der Waals surface area (Å²) in [6, 6.07) is 8.69. The number of benzene rings is 1. The number of hydrogen-bond donors (Lipinski definition) is 1. The van der Waals surface area contributed by atoms with Crippen LogP contribution in [0.3, 0.4) is 0 Å². The van der Waals surface area contributed by atoms with Gasteiger partial charge < -0.3 is 15.0 Å². The van der Waals surface area contributed by atoms with Gasteiger partial charge in [-0.2, -0.15) is 0 Å². The van der Waals surface area contributed by atoms with E-state index in [0.29, 0.717) is 13.0 Å². The predicted molar refractivity (Wildman–Crippen MR) is 99.9 cm³/mol. The van der Waals surface area contributed by atoms with Crippen molar-refractivity contribution in [3.8, 4) is 0 Å². The molecule has 1 heterocycles. The van der Waals surface area contributed by atoms with Crippen LogP contribution in [0.5, 0.6) is 0 Å². The zero-order valence-corrected chi connectivity index (χ0v) is 15.4. The number of piperazine rings is 1. The molecule has 1 aliphatic rings. The molecule has 1 saturated heterocycles. The Morgan fingerprint density at radius 2 is 2.04 bits per heavy atom. The summed E-state index contributed by atoms with van der Waals surface area (Å²) < 4.78 is 4.63. The van der Waals surface area contributed by atoms with Gasteiger partial charge in [0, 0.05) is 45.7 Å². The maximum Gasteiger partial charge on any atom is 0.305 e. The number of thiocarbonyl (C=S) groups is 1. The fourth-order valence-corrected chi connectivity index (χ4v) is 3.10. The van der Waals surface area contributed by atoms with Crippen molar-refractivity contribution in [2.75, 3.05) is 39.8 Å². The van der Waals surface area contributed by atoms with Crippen LogP contribution < -0.4 is 5.32 Å². The van der Waals surface area contributed by atoms with E-state index in [1.807, 2.05) is 0 Å². The van der Waals surface area contributed by atoms with Crippen LogP contribution in [0, 0.1) is 6.92 Å². The van der Waals surface area contributed by atoms with Gasteiger partial charge in [0.2, 0.25) is 0 Å². The molecule has 0 radical (unpaired) electrons. The first-order chi connectivity index (χ1) is 11.6. The standard InChI is InChI=1S/C18H27N3O2S/c1-15-5-3-6-16(13-15)14-20-9-11-21(12-10-20)18(24)19-8-4-7-17(22)23-2/h3,5-6,13H,4,7-12,14H2,1-2H3,(H,19,24). The summed E-state index contributed by atoms with van der Waals surface area (Å²) in [6.45, 7) is 7.73. The Bertz CT molecular complexity index is 557. The van der Waals surface area contributed by atoms with Gasteiger partial charge in [-0.1, -0.05) is 29.8 Å². The molecule has 24 heavy (non-hydrogen) atoms. The van der Waals surface area contributed by atoms with Crippen LogP contribution in [-0.4, -0.2) is 60.7 Å². The molecule has 0 aliphatic carbocycles. The number of ether oxygens (including phenoxy) is 1. The number of rotatable bonds is 6. The Labute approximate surface area is 150 Å². The Balaban J connectivity index is 1.66. The summed E-state index contributed by atoms with van der Waals surface area (Å²) in [7, 11) is 1.41. The van der Waals surface area contributed by atoms with Crippen LogP contribution >= 0.6 is 12.2 Å². The van der Waals surface area contributed by atoms with Crippen LogP contribution in [0.2, 0.25) is 0 Å². The molecule has 0 aromatic heterocycles. The van der Waals surface area contributed by atoms with Crippen molar-refractivity contribution in [2.45, 2.75) is 26.3 Å². The average Bonchev–Trinajstić information content (AvgIpc) is 2.59. The van der Waals surface area contributed by atoms with Gasteiger partial charge in [0.05, 0.1) is 7.11 Å². The fraction of sp³-hybridized carbons (Fsp3) is 0.556. The first-order valence-electron chi connectivity index (χ1n) is 8.46. The smallest absolute Gasteiger partial charge is 0.305 e. The number of carbonyl (C=O) groups excluding carboxylic acids is 1. The van der Waals surface area contributed by atoms with Gasteiger partial charge in [0.1, 0.15) is 0 Å². The summed E-state index contributed by atoms with van der Waals surface area (Å²) in [6.07, 6.45) is 1.16. The highest BCUT2D eigenvalue weighted by atomic mass is 32.1. The molecule has 6 heteroatoms. The Morgan fingerprint density at radius 1 is 1.29 bits per heavy atom. The van der Waals surface area contributed by atoms with E-state index in [0.717, 1.165) is 44.3 Å². The second-order valence-corrected chi connectivity index (χ2v) is 6.55. The molecule has 0 saturated carbocycles. The van der Waals surface area contributed by atoms with Crippen LogP contribution in [-0.2, 0) is 16.1 Å². The molecule has 0 atom stereocenters. The van der Waals surface area contributed by atoms with E-state index in [-0.39, 0.29) is 5.97 Å². The quantitative estimate of drug-likeness (QED) is 0.481. The molecule has 132 valence electrons. The lowest BCUT2D eigenvalue weighted by Gasteiger charge is -2.36. The highest BCUT2D eigenvalue weighted by Crippen LogP contribution is 2.10. The van der Waals surface area contributed by atoms with Crippen LogP contribution in [0.1, 0.15) is 24.0 Å². The van der Waals surface area contributed by atoms with Crippen LogP contribution in [0.4, 0.5) is 0 Å². The molecule has 0 spiro atoms. The van der Waals surface area contributed by atoms with Gasteiger partial charge in [-0.3, -0.25) is 9.69 Å². The first-order valence-corrected chi connectivity index (χ1v) is 8.87. The second kappa shape index (κ2) is 9.59. The molecular weight excluding hydrogens is 322 g/mol. The van der Waals surface area contributed by atoms with Crippen molar-refractivity contribution in [1.29, 1.82) is 0 Å². The summed E-state index contributed by atoms with van der Waals surface area (Å²) >= 11 is 5.45. The fourth-order valence-electron chi connectivity index (χ4n) is 2.82. The molecule has 1 N–H and O–H groups in total. The monoisotopic (exact) mass is 349 g/mol. The maximum atomic E-state index is 11.1. The van der Waals surface area contributed by atoms with Crippen molar-refractivity contribution < 1.29 is 9.53 Å². The van der Waals surface area contributed by atoms with Crippen LogP contribution in [0.15, 0.2) is 24.3 Å². The van der Waals surface area contributed by atoms with Gasteiger partial charge in [-0.25, -0.2) is 0 Å². The number of esters is 1. The zero-order chi connectivity index (χ0) is 17.4. The van der Waals surface area contributed by atoms with Crippen molar-refractivity contribution in [3.63, 3.8) is 0 Å². The number of nitrogens with zero attached hydrogens (tertiary/aromatic N) is 2. The van der Waals surface area contributed by atoms with Gasteiger partial charge >= 0.3 is 5.97 Å². The third kappa shape index (κ3) is 6.09. The SMILES string of the molecule is COC(=O)CCCNC(=S)N1CCN(Cc2cccc(C)c2)CC1. The molecule has 1 aromatic carbocycles. The van der Waals surface area contributed by atoms with Crippen molar-refractivity contribution in [2.24, 2.45) is 0 Å². The molecule has 1 aliphatic heterocycles. The highest BCUT2D eigenvalue weighted by Gasteiger charge is 2.18. The Hall–Kier alpha value is -1.66. The molecule has 1 fully saturated rings. The van der Waals surface area contributed by atoms with Gasteiger partial charge in [0.25, 0.3) is 0 Å². The van der Waals surface area contributed by atoms with Crippen molar-refractivity contribution in [1.82, 2.24) is 15.1 Å².